The van der Waals surface area contributed by atoms with Gasteiger partial charge in [0, 0.05) is 20.6 Å². The number of fused-ring (bicyclic) bond motifs is 2. The summed E-state index contributed by atoms with van der Waals surface area (Å²) in [6.07, 6.45) is 0. The van der Waals surface area contributed by atoms with Crippen LogP contribution < -0.4 is 11.2 Å². The van der Waals surface area contributed by atoms with Crippen molar-refractivity contribution in [3.8, 4) is 22.9 Å². The summed E-state index contributed by atoms with van der Waals surface area (Å²) in [6.45, 7) is 2.36. The Kier molecular flexibility index (Phi) is 3.28. The lowest BCUT2D eigenvalue weighted by atomic mass is 10.2. The summed E-state index contributed by atoms with van der Waals surface area (Å²) in [5, 5.41) is 4.54. The van der Waals surface area contributed by atoms with Crippen LogP contribution in [0.3, 0.4) is 0 Å². The van der Waals surface area contributed by atoms with Crippen LogP contribution in [-0.4, -0.2) is 28.9 Å². The minimum atomic E-state index is -0.586. The molecule has 0 bridgehead atoms. The lowest BCUT2D eigenvalue weighted by molar-refractivity contribution is 0.623. The quantitative estimate of drug-likeness (QED) is 0.545. The average molecular weight is 336 g/mol. The van der Waals surface area contributed by atoms with Crippen molar-refractivity contribution in [2.75, 3.05) is 0 Å². The first-order valence-electron chi connectivity index (χ1n) is 7.92. The predicted molar refractivity (Wildman–Crippen MR) is 93.5 cm³/mol. The molecular weight excluding hydrogens is 320 g/mol. The normalized spacial score (nSPS) is 11.5. The minimum Gasteiger partial charge on any atom is -0.326 e. The van der Waals surface area contributed by atoms with Crippen molar-refractivity contribution in [2.24, 2.45) is 14.1 Å². The van der Waals surface area contributed by atoms with Gasteiger partial charge < -0.3 is 4.57 Å². The second kappa shape index (κ2) is 5.37. The second-order valence-electron chi connectivity index (χ2n) is 5.82. The summed E-state index contributed by atoms with van der Waals surface area (Å²) in [4.78, 5) is 33.0. The fourth-order valence-corrected chi connectivity index (χ4v) is 2.96. The maximum Gasteiger partial charge on any atom is 0.352 e. The predicted octanol–water partition coefficient (Wildman–Crippen LogP) is 1.02. The number of benzene rings is 1. The van der Waals surface area contributed by atoms with Crippen LogP contribution in [0.2, 0.25) is 0 Å². The lowest BCUT2D eigenvalue weighted by Crippen LogP contribution is -2.36. The van der Waals surface area contributed by atoms with E-state index in [1.807, 2.05) is 42.8 Å². The molecule has 25 heavy (non-hydrogen) atoms. The fourth-order valence-electron chi connectivity index (χ4n) is 2.96. The molecule has 4 rings (SSSR count). The van der Waals surface area contributed by atoms with Crippen LogP contribution in [0.1, 0.15) is 6.92 Å². The van der Waals surface area contributed by atoms with Crippen LogP contribution in [0.15, 0.2) is 39.9 Å². The summed E-state index contributed by atoms with van der Waals surface area (Å²) < 4.78 is 4.50. The second-order valence-corrected chi connectivity index (χ2v) is 5.82. The molecule has 1 aromatic carbocycles. The zero-order chi connectivity index (χ0) is 17.7. The van der Waals surface area contributed by atoms with E-state index in [1.54, 1.807) is 10.7 Å². The van der Waals surface area contributed by atoms with Crippen molar-refractivity contribution >= 4 is 11.0 Å². The molecule has 0 saturated heterocycles. The Morgan fingerprint density at radius 2 is 1.76 bits per heavy atom. The molecule has 8 heteroatoms. The molecule has 3 heterocycles. The summed E-state index contributed by atoms with van der Waals surface area (Å²) >= 11 is 0. The molecule has 2 aliphatic heterocycles. The van der Waals surface area contributed by atoms with Gasteiger partial charge >= 0.3 is 5.69 Å². The fraction of sp³-hybridized carbons (Fsp3) is 0.235. The molecule has 0 aliphatic carbocycles. The van der Waals surface area contributed by atoms with E-state index in [2.05, 4.69) is 15.1 Å². The first-order valence-corrected chi connectivity index (χ1v) is 7.92. The first-order chi connectivity index (χ1) is 12.0. The maximum absolute atomic E-state index is 12.5. The summed E-state index contributed by atoms with van der Waals surface area (Å²) in [5.74, 6) is 0.941. The monoisotopic (exact) mass is 336 g/mol. The molecule has 0 radical (unpaired) electrons. The smallest absolute Gasteiger partial charge is 0.326 e. The van der Waals surface area contributed by atoms with Crippen LogP contribution >= 0.6 is 0 Å². The van der Waals surface area contributed by atoms with Crippen LogP contribution in [0.4, 0.5) is 0 Å². The van der Waals surface area contributed by atoms with Crippen molar-refractivity contribution in [3.05, 3.63) is 51.2 Å². The van der Waals surface area contributed by atoms with Crippen molar-refractivity contribution in [1.82, 2.24) is 28.9 Å². The van der Waals surface area contributed by atoms with Gasteiger partial charge in [0.05, 0.1) is 16.6 Å². The van der Waals surface area contributed by atoms with Gasteiger partial charge in [-0.2, -0.15) is 10.1 Å². The van der Waals surface area contributed by atoms with E-state index >= 15 is 0 Å². The van der Waals surface area contributed by atoms with Crippen molar-refractivity contribution in [3.63, 3.8) is 0 Å². The molecule has 1 aromatic heterocycles. The minimum absolute atomic E-state index is 0.290. The van der Waals surface area contributed by atoms with Gasteiger partial charge in [-0.1, -0.05) is 12.1 Å². The Bertz CT molecular complexity index is 1200. The van der Waals surface area contributed by atoms with Crippen LogP contribution in [0.5, 0.6) is 0 Å². The Morgan fingerprint density at radius 3 is 2.48 bits per heavy atom. The number of aryl methyl sites for hydroxylation is 2. The molecule has 8 nitrogen and oxygen atoms in total. The topological polar surface area (TPSA) is 87.6 Å². The Balaban J connectivity index is 2.09. The number of hydrogen-bond donors (Lipinski definition) is 0. The average Bonchev–Trinajstić information content (AvgIpc) is 2.96. The third kappa shape index (κ3) is 2.18. The van der Waals surface area contributed by atoms with Crippen LogP contribution in [0.25, 0.3) is 33.9 Å². The van der Waals surface area contributed by atoms with Gasteiger partial charge in [0.15, 0.2) is 11.6 Å². The van der Waals surface area contributed by atoms with E-state index in [0.29, 0.717) is 23.6 Å². The van der Waals surface area contributed by atoms with E-state index in [4.69, 9.17) is 0 Å². The number of para-hydroxylation sites is 2. The summed E-state index contributed by atoms with van der Waals surface area (Å²) in [6, 6.07) is 9.43. The largest absolute Gasteiger partial charge is 0.352 e. The highest BCUT2D eigenvalue weighted by Gasteiger charge is 2.20. The number of imidazole rings is 1. The Labute approximate surface area is 142 Å². The lowest BCUT2D eigenvalue weighted by Gasteiger charge is -2.14. The molecule has 2 aromatic rings. The molecule has 0 fully saturated rings. The molecule has 0 spiro atoms. The van der Waals surface area contributed by atoms with Crippen LogP contribution in [0, 0.1) is 0 Å². The number of hydrogen-bond acceptors (Lipinski definition) is 5. The molecule has 126 valence electrons. The third-order valence-corrected chi connectivity index (χ3v) is 4.33. The third-order valence-electron chi connectivity index (χ3n) is 4.33. The van der Waals surface area contributed by atoms with Gasteiger partial charge in [0.25, 0.3) is 5.56 Å². The zero-order valence-electron chi connectivity index (χ0n) is 14.1. The maximum atomic E-state index is 12.5. The van der Waals surface area contributed by atoms with Crippen LogP contribution in [-0.2, 0) is 20.6 Å². The highest BCUT2D eigenvalue weighted by molar-refractivity contribution is 5.80. The van der Waals surface area contributed by atoms with E-state index in [-0.39, 0.29) is 11.4 Å². The summed E-state index contributed by atoms with van der Waals surface area (Å²) in [7, 11) is 3.33. The Hall–Kier alpha value is -3.29. The van der Waals surface area contributed by atoms with Crippen molar-refractivity contribution in [1.29, 1.82) is 0 Å². The van der Waals surface area contributed by atoms with E-state index in [0.717, 1.165) is 15.6 Å². The highest BCUT2D eigenvalue weighted by Crippen LogP contribution is 2.25. The van der Waals surface area contributed by atoms with Gasteiger partial charge in [0.2, 0.25) is 0 Å². The molecule has 0 N–H and O–H groups in total. The van der Waals surface area contributed by atoms with E-state index in [1.165, 1.54) is 7.05 Å². The van der Waals surface area contributed by atoms with Gasteiger partial charge in [-0.05, 0) is 25.1 Å². The number of aromatic nitrogens is 6. The number of rotatable bonds is 2. The molecular formula is C17H16N6O2. The molecule has 2 aliphatic rings. The molecule has 0 amide bonds. The van der Waals surface area contributed by atoms with E-state index < -0.39 is 5.69 Å². The van der Waals surface area contributed by atoms with Gasteiger partial charge in [0.1, 0.15) is 5.69 Å². The molecule has 0 atom stereocenters. The zero-order valence-corrected chi connectivity index (χ0v) is 14.1. The van der Waals surface area contributed by atoms with Gasteiger partial charge in [-0.15, -0.1) is 0 Å². The molecule has 0 saturated carbocycles. The van der Waals surface area contributed by atoms with Gasteiger partial charge in [-0.25, -0.2) is 14.5 Å². The summed E-state index contributed by atoms with van der Waals surface area (Å²) in [5.41, 5.74) is 1.76. The first kappa shape index (κ1) is 15.3. The van der Waals surface area contributed by atoms with E-state index in [9.17, 15) is 9.59 Å². The van der Waals surface area contributed by atoms with Crippen molar-refractivity contribution in [2.45, 2.75) is 13.5 Å². The number of nitrogens with zero attached hydrogens (tertiary/aromatic N) is 6. The SMILES string of the molecule is CCn1nc(-c2nc3ccccc3n2C)cc2c(=O)n(C)c(=O)nc1-2. The van der Waals surface area contributed by atoms with Crippen molar-refractivity contribution < 1.29 is 0 Å². The highest BCUT2D eigenvalue weighted by atomic mass is 16.2. The van der Waals surface area contributed by atoms with Gasteiger partial charge in [-0.3, -0.25) is 9.36 Å². The molecule has 0 unspecified atom stereocenters. The Morgan fingerprint density at radius 1 is 1.00 bits per heavy atom. The standard InChI is InChI=1S/C17H16N6O2/c1-4-23-14-10(16(24)22(3)17(25)19-14)9-12(20-23)15-18-11-7-5-6-8-13(11)21(15)2/h5-9H,4H2,1-3H3.